The highest BCUT2D eigenvalue weighted by molar-refractivity contribution is 6.19. The Morgan fingerprint density at radius 3 is 1.41 bits per heavy atom. The van der Waals surface area contributed by atoms with Gasteiger partial charge in [-0.05, 0) is 70.8 Å². The first kappa shape index (κ1) is 24.7. The van der Waals surface area contributed by atoms with Crippen LogP contribution in [-0.2, 0) is 0 Å². The number of fused-ring (bicyclic) bond motifs is 6. The highest BCUT2D eigenvalue weighted by atomic mass is 15.0. The van der Waals surface area contributed by atoms with Crippen LogP contribution in [0, 0.1) is 0 Å². The molecule has 0 fully saturated rings. The Labute approximate surface area is 255 Å². The lowest BCUT2D eigenvalue weighted by atomic mass is 10.0. The molecule has 9 aromatic rings. The molecule has 0 saturated heterocycles. The van der Waals surface area contributed by atoms with Crippen LogP contribution in [0.4, 0.5) is 0 Å². The Morgan fingerprint density at radius 2 is 0.727 bits per heavy atom. The molecule has 0 spiro atoms. The van der Waals surface area contributed by atoms with E-state index in [-0.39, 0.29) is 0 Å². The van der Waals surface area contributed by atoms with E-state index in [1.807, 2.05) is 0 Å². The second kappa shape index (κ2) is 9.86. The van der Waals surface area contributed by atoms with Gasteiger partial charge in [0.15, 0.2) is 0 Å². The van der Waals surface area contributed by atoms with Crippen molar-refractivity contribution in [1.29, 1.82) is 0 Å². The maximum Gasteiger partial charge on any atom is 0.0548 e. The molecule has 0 atom stereocenters. The average Bonchev–Trinajstić information content (AvgIpc) is 3.60. The van der Waals surface area contributed by atoms with Gasteiger partial charge in [0.05, 0.1) is 22.1 Å². The first-order valence-electron chi connectivity index (χ1n) is 15.1. The molecule has 44 heavy (non-hydrogen) atoms. The number of aromatic nitrogens is 2. The molecule has 0 bridgehead atoms. The van der Waals surface area contributed by atoms with Crippen molar-refractivity contribution in [2.75, 3.05) is 0 Å². The molecule has 2 nitrogen and oxygen atoms in total. The van der Waals surface area contributed by atoms with E-state index in [0.717, 1.165) is 5.69 Å². The summed E-state index contributed by atoms with van der Waals surface area (Å²) >= 11 is 0. The molecule has 0 aliphatic rings. The third-order valence-electron chi connectivity index (χ3n) is 8.89. The van der Waals surface area contributed by atoms with Crippen LogP contribution in [0.3, 0.4) is 0 Å². The standard InChI is InChI=1S/C42H28N2/c1-4-13-29(14-5-1)31-17-12-20-34(25-31)44-40-26-32(30-15-6-2-7-16-30)23-24-36(40)38-28-41-37(27-42(38)44)35-21-10-11-22-39(35)43(41)33-18-8-3-9-19-33/h1-28H. The van der Waals surface area contributed by atoms with Crippen molar-refractivity contribution in [2.45, 2.75) is 0 Å². The molecule has 2 heteroatoms. The van der Waals surface area contributed by atoms with E-state index in [1.54, 1.807) is 0 Å². The Morgan fingerprint density at radius 1 is 0.250 bits per heavy atom. The Balaban J connectivity index is 1.40. The summed E-state index contributed by atoms with van der Waals surface area (Å²) in [5.41, 5.74) is 12.0. The van der Waals surface area contributed by atoms with Gasteiger partial charge in [-0.3, -0.25) is 0 Å². The maximum atomic E-state index is 2.46. The average molecular weight is 561 g/mol. The Bertz CT molecular complexity index is 2470. The van der Waals surface area contributed by atoms with Gasteiger partial charge in [-0.2, -0.15) is 0 Å². The third kappa shape index (κ3) is 3.82. The van der Waals surface area contributed by atoms with E-state index in [0.29, 0.717) is 0 Å². The van der Waals surface area contributed by atoms with E-state index in [9.17, 15) is 0 Å². The summed E-state index contributed by atoms with van der Waals surface area (Å²) in [5.74, 6) is 0. The molecule has 2 aromatic heterocycles. The van der Waals surface area contributed by atoms with E-state index < -0.39 is 0 Å². The molecule has 0 N–H and O–H groups in total. The first-order valence-corrected chi connectivity index (χ1v) is 15.1. The molecule has 0 unspecified atom stereocenters. The van der Waals surface area contributed by atoms with E-state index >= 15 is 0 Å². The molecule has 206 valence electrons. The number of benzene rings is 7. The topological polar surface area (TPSA) is 9.86 Å². The van der Waals surface area contributed by atoms with Gasteiger partial charge in [0.1, 0.15) is 0 Å². The molecule has 0 radical (unpaired) electrons. The number of nitrogens with zero attached hydrogens (tertiary/aromatic N) is 2. The summed E-state index contributed by atoms with van der Waals surface area (Å²) in [7, 11) is 0. The second-order valence-electron chi connectivity index (χ2n) is 11.4. The molecule has 7 aromatic carbocycles. The van der Waals surface area contributed by atoms with Gasteiger partial charge in [0.25, 0.3) is 0 Å². The number of hydrogen-bond donors (Lipinski definition) is 0. The monoisotopic (exact) mass is 560 g/mol. The van der Waals surface area contributed by atoms with Gasteiger partial charge < -0.3 is 9.13 Å². The molecule has 0 aliphatic carbocycles. The van der Waals surface area contributed by atoms with Crippen LogP contribution in [0.25, 0.3) is 77.2 Å². The highest BCUT2D eigenvalue weighted by Crippen LogP contribution is 2.41. The Hall–Kier alpha value is -5.86. The quantitative estimate of drug-likeness (QED) is 0.203. The fraction of sp³-hybridized carbons (Fsp3) is 0. The summed E-state index contributed by atoms with van der Waals surface area (Å²) < 4.78 is 4.86. The van der Waals surface area contributed by atoms with E-state index in [4.69, 9.17) is 0 Å². The lowest BCUT2D eigenvalue weighted by Gasteiger charge is -2.11. The van der Waals surface area contributed by atoms with Crippen LogP contribution in [0.15, 0.2) is 170 Å². The molecular formula is C42H28N2. The number of para-hydroxylation sites is 2. The van der Waals surface area contributed by atoms with Crippen LogP contribution in [-0.4, -0.2) is 9.13 Å². The SMILES string of the molecule is c1ccc(-c2cccc(-n3c4cc(-c5ccccc5)ccc4c4cc5c(cc43)c3ccccc3n5-c3ccccc3)c2)cc1. The summed E-state index contributed by atoms with van der Waals surface area (Å²) in [6.45, 7) is 0. The number of hydrogen-bond acceptors (Lipinski definition) is 0. The van der Waals surface area contributed by atoms with Gasteiger partial charge in [0.2, 0.25) is 0 Å². The van der Waals surface area contributed by atoms with E-state index in [1.165, 1.54) is 71.6 Å². The predicted molar refractivity (Wildman–Crippen MR) is 186 cm³/mol. The lowest BCUT2D eigenvalue weighted by molar-refractivity contribution is 1.17. The van der Waals surface area contributed by atoms with E-state index in [2.05, 4.69) is 179 Å². The highest BCUT2D eigenvalue weighted by Gasteiger charge is 2.19. The van der Waals surface area contributed by atoms with Crippen molar-refractivity contribution >= 4 is 43.6 Å². The van der Waals surface area contributed by atoms with Crippen molar-refractivity contribution in [2.24, 2.45) is 0 Å². The largest absolute Gasteiger partial charge is 0.309 e. The van der Waals surface area contributed by atoms with Crippen LogP contribution in [0.1, 0.15) is 0 Å². The second-order valence-corrected chi connectivity index (χ2v) is 11.4. The summed E-state index contributed by atoms with van der Waals surface area (Å²) in [5, 5.41) is 5.00. The third-order valence-corrected chi connectivity index (χ3v) is 8.89. The zero-order chi connectivity index (χ0) is 29.0. The summed E-state index contributed by atoms with van der Waals surface area (Å²) in [6, 6.07) is 61.4. The molecule has 9 rings (SSSR count). The molecule has 2 heterocycles. The fourth-order valence-electron chi connectivity index (χ4n) is 6.88. The van der Waals surface area contributed by atoms with Crippen molar-refractivity contribution in [3.63, 3.8) is 0 Å². The molecule has 0 amide bonds. The van der Waals surface area contributed by atoms with Crippen LogP contribution >= 0.6 is 0 Å². The van der Waals surface area contributed by atoms with Crippen molar-refractivity contribution in [1.82, 2.24) is 9.13 Å². The Kier molecular flexibility index (Phi) is 5.54. The normalized spacial score (nSPS) is 11.6. The van der Waals surface area contributed by atoms with Crippen molar-refractivity contribution in [3.8, 4) is 33.6 Å². The predicted octanol–water partition coefficient (Wildman–Crippen LogP) is 11.2. The zero-order valence-corrected chi connectivity index (χ0v) is 24.1. The smallest absolute Gasteiger partial charge is 0.0548 e. The fourth-order valence-corrected chi connectivity index (χ4v) is 6.88. The van der Waals surface area contributed by atoms with Crippen LogP contribution in [0.5, 0.6) is 0 Å². The van der Waals surface area contributed by atoms with Crippen molar-refractivity contribution < 1.29 is 0 Å². The van der Waals surface area contributed by atoms with Gasteiger partial charge in [0, 0.05) is 32.9 Å². The first-order chi connectivity index (χ1) is 21.8. The summed E-state index contributed by atoms with van der Waals surface area (Å²) in [6.07, 6.45) is 0. The molecular weight excluding hydrogens is 532 g/mol. The van der Waals surface area contributed by atoms with Crippen LogP contribution < -0.4 is 0 Å². The minimum atomic E-state index is 1.16. The van der Waals surface area contributed by atoms with Gasteiger partial charge in [-0.1, -0.05) is 121 Å². The van der Waals surface area contributed by atoms with Gasteiger partial charge in [-0.15, -0.1) is 0 Å². The minimum Gasteiger partial charge on any atom is -0.309 e. The maximum absolute atomic E-state index is 2.46. The summed E-state index contributed by atoms with van der Waals surface area (Å²) in [4.78, 5) is 0. The lowest BCUT2D eigenvalue weighted by Crippen LogP contribution is -1.95. The van der Waals surface area contributed by atoms with Crippen molar-refractivity contribution in [3.05, 3.63) is 170 Å². The minimum absolute atomic E-state index is 1.16. The molecule has 0 aliphatic heterocycles. The van der Waals surface area contributed by atoms with Crippen LogP contribution in [0.2, 0.25) is 0 Å². The zero-order valence-electron chi connectivity index (χ0n) is 24.1. The van der Waals surface area contributed by atoms with Gasteiger partial charge in [-0.25, -0.2) is 0 Å². The molecule has 0 saturated carbocycles. The number of rotatable bonds is 4. The van der Waals surface area contributed by atoms with Gasteiger partial charge >= 0.3 is 0 Å².